The Morgan fingerprint density at radius 2 is 1.57 bits per heavy atom. The maximum atomic E-state index is 13.4. The minimum absolute atomic E-state index is 0.00108. The minimum Gasteiger partial charge on any atom is -0.457 e. The van der Waals surface area contributed by atoms with E-state index < -0.39 is 48.0 Å². The fraction of sp³-hybridized carbons (Fsp3) is 0.414. The lowest BCUT2D eigenvalue weighted by Gasteiger charge is -2.31. The number of nitrogens with one attached hydrogen (secondary N) is 1. The molecule has 1 saturated heterocycles. The number of ether oxygens (including phenoxy) is 2. The first-order valence-corrected chi connectivity index (χ1v) is 14.1. The molecule has 1 heterocycles. The van der Waals surface area contributed by atoms with Gasteiger partial charge in [0.15, 0.2) is 0 Å². The van der Waals surface area contributed by atoms with Crippen LogP contribution in [0.15, 0.2) is 60.7 Å². The van der Waals surface area contributed by atoms with E-state index in [9.17, 15) is 24.0 Å². The smallest absolute Gasteiger partial charge is 0.410 e. The molecule has 10 nitrogen and oxygen atoms in total. The molecule has 11 heteroatoms. The van der Waals surface area contributed by atoms with Crippen LogP contribution in [0.1, 0.15) is 31.9 Å². The zero-order valence-corrected chi connectivity index (χ0v) is 23.9. The number of carbonyl (C=O) groups is 5. The van der Waals surface area contributed by atoms with Gasteiger partial charge in [-0.2, -0.15) is 0 Å². The first-order valence-electron chi connectivity index (χ1n) is 13.0. The Labute approximate surface area is 238 Å². The molecule has 1 aliphatic rings. The van der Waals surface area contributed by atoms with Gasteiger partial charge in [-0.1, -0.05) is 60.7 Å². The van der Waals surface area contributed by atoms with Crippen LogP contribution in [0, 0.1) is 5.92 Å². The van der Waals surface area contributed by atoms with E-state index in [4.69, 9.17) is 9.47 Å². The van der Waals surface area contributed by atoms with Gasteiger partial charge in [-0.3, -0.25) is 19.3 Å². The molecule has 3 atom stereocenters. The van der Waals surface area contributed by atoms with Crippen LogP contribution in [-0.4, -0.2) is 76.4 Å². The van der Waals surface area contributed by atoms with Crippen molar-refractivity contribution < 1.29 is 33.4 Å². The van der Waals surface area contributed by atoms with Crippen molar-refractivity contribution in [3.05, 3.63) is 71.8 Å². The lowest BCUT2D eigenvalue weighted by molar-refractivity contribution is -0.160. The highest BCUT2D eigenvalue weighted by atomic mass is 32.2. The number of ketones is 1. The third-order valence-corrected chi connectivity index (χ3v) is 7.38. The van der Waals surface area contributed by atoms with Gasteiger partial charge in [0.1, 0.15) is 24.7 Å². The number of benzene rings is 2. The van der Waals surface area contributed by atoms with Crippen LogP contribution in [-0.2, 0) is 41.7 Å². The molecule has 1 aliphatic heterocycles. The molecular weight excluding hydrogens is 534 g/mol. The van der Waals surface area contributed by atoms with Crippen LogP contribution in [0.4, 0.5) is 4.79 Å². The molecular formula is C29H35N3O7S. The molecule has 2 aromatic rings. The second-order valence-corrected chi connectivity index (χ2v) is 10.7. The SMILES string of the molecule is CC(C)OC(=O)C(=O)[C@H](Cc1ccccc1)C(=O)N[C@H]1CSCN1C(=O)[C@H](C)N(C)C(=O)OCc1ccccc1. The van der Waals surface area contributed by atoms with Crippen molar-refractivity contribution in [1.82, 2.24) is 15.1 Å². The van der Waals surface area contributed by atoms with E-state index in [1.807, 2.05) is 36.4 Å². The van der Waals surface area contributed by atoms with Crippen molar-refractivity contribution in [2.75, 3.05) is 18.7 Å². The lowest BCUT2D eigenvalue weighted by atomic mass is 9.94. The van der Waals surface area contributed by atoms with Crippen molar-refractivity contribution in [3.63, 3.8) is 0 Å². The zero-order valence-electron chi connectivity index (χ0n) is 23.1. The highest BCUT2D eigenvalue weighted by Crippen LogP contribution is 2.22. The molecule has 0 saturated carbocycles. The predicted molar refractivity (Wildman–Crippen MR) is 150 cm³/mol. The summed E-state index contributed by atoms with van der Waals surface area (Å²) in [5.74, 6) is -3.76. The molecule has 214 valence electrons. The fourth-order valence-electron chi connectivity index (χ4n) is 4.00. The Kier molecular flexibility index (Phi) is 11.1. The Morgan fingerprint density at radius 1 is 0.975 bits per heavy atom. The topological polar surface area (TPSA) is 122 Å². The maximum absolute atomic E-state index is 13.4. The number of likely N-dealkylation sites (N-methyl/N-ethyl adjacent to an activating group) is 1. The summed E-state index contributed by atoms with van der Waals surface area (Å²) in [5, 5.41) is 2.77. The van der Waals surface area contributed by atoms with Crippen LogP contribution >= 0.6 is 11.8 Å². The van der Waals surface area contributed by atoms with E-state index in [1.165, 1.54) is 28.6 Å². The van der Waals surface area contributed by atoms with E-state index in [-0.39, 0.29) is 24.8 Å². The van der Waals surface area contributed by atoms with Gasteiger partial charge in [-0.15, -0.1) is 11.8 Å². The third-order valence-electron chi connectivity index (χ3n) is 6.37. The molecule has 0 bridgehead atoms. The lowest BCUT2D eigenvalue weighted by Crippen LogP contribution is -2.56. The molecule has 0 unspecified atom stereocenters. The number of nitrogens with zero attached hydrogens (tertiary/aromatic N) is 2. The van der Waals surface area contributed by atoms with Crippen LogP contribution in [0.2, 0.25) is 0 Å². The minimum atomic E-state index is -1.33. The molecule has 40 heavy (non-hydrogen) atoms. The highest BCUT2D eigenvalue weighted by Gasteiger charge is 2.39. The molecule has 0 aliphatic carbocycles. The first kappa shape index (κ1) is 30.7. The number of Topliss-reactive ketones (excluding diaryl/α,β-unsaturated/α-hetero) is 1. The number of hydrogen-bond acceptors (Lipinski definition) is 8. The quantitative estimate of drug-likeness (QED) is 0.249. The van der Waals surface area contributed by atoms with Gasteiger partial charge in [0, 0.05) is 12.8 Å². The summed E-state index contributed by atoms with van der Waals surface area (Å²) in [6.07, 6.45) is -1.91. The zero-order chi connectivity index (χ0) is 29.2. The van der Waals surface area contributed by atoms with Crippen molar-refractivity contribution in [2.45, 2.75) is 52.1 Å². The Balaban J connectivity index is 1.67. The summed E-state index contributed by atoms with van der Waals surface area (Å²) in [6.45, 7) is 4.88. The third kappa shape index (κ3) is 8.32. The van der Waals surface area contributed by atoms with Crippen molar-refractivity contribution in [3.8, 4) is 0 Å². The number of amides is 3. The molecule has 2 aromatic carbocycles. The number of esters is 1. The monoisotopic (exact) mass is 569 g/mol. The molecule has 0 radical (unpaired) electrons. The average Bonchev–Trinajstić information content (AvgIpc) is 3.41. The van der Waals surface area contributed by atoms with E-state index in [1.54, 1.807) is 45.0 Å². The van der Waals surface area contributed by atoms with Gasteiger partial charge in [0.2, 0.25) is 11.8 Å². The van der Waals surface area contributed by atoms with Gasteiger partial charge in [-0.05, 0) is 38.3 Å². The van der Waals surface area contributed by atoms with Crippen molar-refractivity contribution in [1.29, 1.82) is 0 Å². The molecule has 3 amide bonds. The second-order valence-electron chi connectivity index (χ2n) is 9.72. The van der Waals surface area contributed by atoms with Crippen LogP contribution in [0.25, 0.3) is 0 Å². The summed E-state index contributed by atoms with van der Waals surface area (Å²) in [7, 11) is 1.47. The number of thioether (sulfide) groups is 1. The van der Waals surface area contributed by atoms with Gasteiger partial charge in [0.05, 0.1) is 12.0 Å². The standard InChI is InChI=1S/C29H35N3O7S/c1-19(2)39-28(36)25(33)23(15-21-11-7-5-8-12-21)26(34)30-24-17-40-18-32(24)27(35)20(3)31(4)29(37)38-16-22-13-9-6-10-14-22/h5-14,19-20,23-24H,15-18H2,1-4H3,(H,30,34)/t20-,23-,24+/m0/s1. The van der Waals surface area contributed by atoms with E-state index in [0.717, 1.165) is 5.56 Å². The van der Waals surface area contributed by atoms with E-state index >= 15 is 0 Å². The Hall–Kier alpha value is -3.86. The fourth-order valence-corrected chi connectivity index (χ4v) is 5.09. The average molecular weight is 570 g/mol. The summed E-state index contributed by atoms with van der Waals surface area (Å²) in [4.78, 5) is 67.3. The highest BCUT2D eigenvalue weighted by molar-refractivity contribution is 7.99. The first-order chi connectivity index (χ1) is 19.1. The summed E-state index contributed by atoms with van der Waals surface area (Å²) in [6, 6.07) is 17.2. The molecule has 0 aromatic heterocycles. The number of carbonyl (C=O) groups excluding carboxylic acids is 5. The molecule has 3 rings (SSSR count). The second kappa shape index (κ2) is 14.5. The van der Waals surface area contributed by atoms with Crippen LogP contribution < -0.4 is 5.32 Å². The van der Waals surface area contributed by atoms with E-state index in [0.29, 0.717) is 11.3 Å². The van der Waals surface area contributed by atoms with Crippen molar-refractivity contribution in [2.24, 2.45) is 5.92 Å². The number of hydrogen-bond donors (Lipinski definition) is 1. The summed E-state index contributed by atoms with van der Waals surface area (Å²) < 4.78 is 10.4. The normalized spacial score (nSPS) is 16.1. The molecule has 1 fully saturated rings. The van der Waals surface area contributed by atoms with Gasteiger partial charge in [-0.25, -0.2) is 9.59 Å². The molecule has 0 spiro atoms. The van der Waals surface area contributed by atoms with Gasteiger partial charge < -0.3 is 19.7 Å². The van der Waals surface area contributed by atoms with Gasteiger partial charge in [0.25, 0.3) is 5.78 Å². The van der Waals surface area contributed by atoms with Crippen molar-refractivity contribution >= 4 is 41.4 Å². The summed E-state index contributed by atoms with van der Waals surface area (Å²) in [5.41, 5.74) is 1.52. The van der Waals surface area contributed by atoms with Crippen LogP contribution in [0.5, 0.6) is 0 Å². The van der Waals surface area contributed by atoms with E-state index in [2.05, 4.69) is 5.32 Å². The molecule has 1 N–H and O–H groups in total. The predicted octanol–water partition coefficient (Wildman–Crippen LogP) is 3.00. The maximum Gasteiger partial charge on any atom is 0.410 e. The largest absolute Gasteiger partial charge is 0.457 e. The Morgan fingerprint density at radius 3 is 2.17 bits per heavy atom. The summed E-state index contributed by atoms with van der Waals surface area (Å²) >= 11 is 1.42. The van der Waals surface area contributed by atoms with Crippen LogP contribution in [0.3, 0.4) is 0 Å². The Bertz CT molecular complexity index is 1190. The number of rotatable bonds is 11. The van der Waals surface area contributed by atoms with Gasteiger partial charge >= 0.3 is 12.1 Å².